The van der Waals surface area contributed by atoms with Gasteiger partial charge in [0, 0.05) is 19.1 Å². The number of piperidine rings is 1. The summed E-state index contributed by atoms with van der Waals surface area (Å²) >= 11 is 0. The van der Waals surface area contributed by atoms with Gasteiger partial charge in [0.2, 0.25) is 0 Å². The van der Waals surface area contributed by atoms with E-state index in [1.807, 2.05) is 0 Å². The third-order valence-electron chi connectivity index (χ3n) is 3.35. The van der Waals surface area contributed by atoms with Crippen LogP contribution in [0.4, 0.5) is 0 Å². The molecular formula is C13H28N2. The van der Waals surface area contributed by atoms with Crippen LogP contribution in [-0.2, 0) is 0 Å². The van der Waals surface area contributed by atoms with Gasteiger partial charge in [-0.25, -0.2) is 0 Å². The molecule has 0 bridgehead atoms. The lowest BCUT2D eigenvalue weighted by molar-refractivity contribution is 0.145. The summed E-state index contributed by atoms with van der Waals surface area (Å²) in [6.07, 6.45) is 5.58. The van der Waals surface area contributed by atoms with Gasteiger partial charge >= 0.3 is 0 Å². The van der Waals surface area contributed by atoms with Crippen LogP contribution < -0.4 is 5.32 Å². The summed E-state index contributed by atoms with van der Waals surface area (Å²) in [4.78, 5) is 2.68. The first kappa shape index (κ1) is 13.0. The van der Waals surface area contributed by atoms with Gasteiger partial charge in [-0.1, -0.05) is 27.2 Å². The fourth-order valence-electron chi connectivity index (χ4n) is 2.43. The minimum absolute atomic E-state index is 0.772. The third kappa shape index (κ3) is 4.98. The Hall–Kier alpha value is -0.0800. The van der Waals surface area contributed by atoms with Gasteiger partial charge in [0.05, 0.1) is 0 Å². The van der Waals surface area contributed by atoms with Crippen LogP contribution in [0.15, 0.2) is 0 Å². The van der Waals surface area contributed by atoms with Crippen molar-refractivity contribution < 1.29 is 0 Å². The average molecular weight is 212 g/mol. The summed E-state index contributed by atoms with van der Waals surface area (Å²) in [6, 6.07) is 0.861. The van der Waals surface area contributed by atoms with Crippen molar-refractivity contribution in [2.45, 2.75) is 52.5 Å². The molecule has 1 unspecified atom stereocenters. The van der Waals surface area contributed by atoms with E-state index in [1.165, 1.54) is 38.8 Å². The van der Waals surface area contributed by atoms with Gasteiger partial charge in [-0.2, -0.15) is 0 Å². The summed E-state index contributed by atoms with van der Waals surface area (Å²) < 4.78 is 0. The second kappa shape index (κ2) is 7.24. The van der Waals surface area contributed by atoms with Gasteiger partial charge in [-0.3, -0.25) is 4.90 Å². The summed E-state index contributed by atoms with van der Waals surface area (Å²) in [7, 11) is 0. The average Bonchev–Trinajstić information content (AvgIpc) is 2.24. The Morgan fingerprint density at radius 3 is 2.80 bits per heavy atom. The van der Waals surface area contributed by atoms with Crippen molar-refractivity contribution in [1.29, 1.82) is 0 Å². The molecule has 1 rings (SSSR count). The fraction of sp³-hybridized carbons (Fsp3) is 1.00. The molecule has 0 aromatic carbocycles. The molecule has 0 aromatic rings. The van der Waals surface area contributed by atoms with E-state index < -0.39 is 0 Å². The SMILES string of the molecule is CCC1CCCCN1CCNCC(C)C. The zero-order valence-electron chi connectivity index (χ0n) is 10.8. The molecule has 0 radical (unpaired) electrons. The van der Waals surface area contributed by atoms with Crippen molar-refractivity contribution in [3.05, 3.63) is 0 Å². The smallest absolute Gasteiger partial charge is 0.0110 e. The molecule has 0 amide bonds. The Labute approximate surface area is 95.4 Å². The molecule has 1 aliphatic heterocycles. The Morgan fingerprint density at radius 1 is 1.33 bits per heavy atom. The molecule has 0 aliphatic carbocycles. The second-order valence-corrected chi connectivity index (χ2v) is 5.19. The molecule has 1 heterocycles. The Kier molecular flexibility index (Phi) is 6.26. The normalized spacial score (nSPS) is 23.6. The summed E-state index contributed by atoms with van der Waals surface area (Å²) in [5.74, 6) is 0.772. The van der Waals surface area contributed by atoms with E-state index in [2.05, 4.69) is 31.0 Å². The van der Waals surface area contributed by atoms with E-state index in [-0.39, 0.29) is 0 Å². The van der Waals surface area contributed by atoms with Gasteiger partial charge in [0.25, 0.3) is 0 Å². The van der Waals surface area contributed by atoms with E-state index in [4.69, 9.17) is 0 Å². The van der Waals surface area contributed by atoms with Gasteiger partial charge < -0.3 is 5.32 Å². The lowest BCUT2D eigenvalue weighted by Gasteiger charge is -2.35. The molecule has 0 spiro atoms. The largest absolute Gasteiger partial charge is 0.315 e. The van der Waals surface area contributed by atoms with Crippen LogP contribution in [0.5, 0.6) is 0 Å². The number of nitrogens with zero attached hydrogens (tertiary/aromatic N) is 1. The van der Waals surface area contributed by atoms with Crippen molar-refractivity contribution in [1.82, 2.24) is 10.2 Å². The lowest BCUT2D eigenvalue weighted by Crippen LogP contribution is -2.43. The van der Waals surface area contributed by atoms with Gasteiger partial charge in [-0.05, 0) is 38.3 Å². The molecule has 90 valence electrons. The van der Waals surface area contributed by atoms with Crippen LogP contribution >= 0.6 is 0 Å². The molecule has 0 aromatic heterocycles. The number of nitrogens with one attached hydrogen (secondary N) is 1. The highest BCUT2D eigenvalue weighted by Crippen LogP contribution is 2.18. The maximum atomic E-state index is 3.54. The minimum Gasteiger partial charge on any atom is -0.315 e. The molecule has 1 atom stereocenters. The zero-order chi connectivity index (χ0) is 11.1. The molecular weight excluding hydrogens is 184 g/mol. The monoisotopic (exact) mass is 212 g/mol. The Balaban J connectivity index is 2.12. The molecule has 1 saturated heterocycles. The van der Waals surface area contributed by atoms with Crippen LogP contribution in [0.2, 0.25) is 0 Å². The number of rotatable bonds is 6. The number of hydrogen-bond donors (Lipinski definition) is 1. The molecule has 15 heavy (non-hydrogen) atoms. The molecule has 0 saturated carbocycles. The van der Waals surface area contributed by atoms with E-state index in [0.717, 1.165) is 25.0 Å². The summed E-state index contributed by atoms with van der Waals surface area (Å²) in [5.41, 5.74) is 0. The summed E-state index contributed by atoms with van der Waals surface area (Å²) in [5, 5.41) is 3.54. The molecule has 1 N–H and O–H groups in total. The van der Waals surface area contributed by atoms with Crippen molar-refractivity contribution >= 4 is 0 Å². The Bertz CT molecular complexity index is 157. The van der Waals surface area contributed by atoms with Crippen LogP contribution in [0.1, 0.15) is 46.5 Å². The van der Waals surface area contributed by atoms with Crippen LogP contribution in [-0.4, -0.2) is 37.1 Å². The predicted molar refractivity (Wildman–Crippen MR) is 67.2 cm³/mol. The minimum atomic E-state index is 0.772. The number of hydrogen-bond acceptors (Lipinski definition) is 2. The maximum Gasteiger partial charge on any atom is 0.0110 e. The second-order valence-electron chi connectivity index (χ2n) is 5.19. The van der Waals surface area contributed by atoms with Crippen molar-refractivity contribution in [2.24, 2.45) is 5.92 Å². The van der Waals surface area contributed by atoms with Crippen LogP contribution in [0.3, 0.4) is 0 Å². The van der Waals surface area contributed by atoms with Gasteiger partial charge in [-0.15, -0.1) is 0 Å². The lowest BCUT2D eigenvalue weighted by atomic mass is 10.0. The van der Waals surface area contributed by atoms with Gasteiger partial charge in [0.15, 0.2) is 0 Å². The molecule has 2 nitrogen and oxygen atoms in total. The van der Waals surface area contributed by atoms with Crippen LogP contribution in [0, 0.1) is 5.92 Å². The van der Waals surface area contributed by atoms with Crippen LogP contribution in [0.25, 0.3) is 0 Å². The van der Waals surface area contributed by atoms with Gasteiger partial charge in [0.1, 0.15) is 0 Å². The first-order chi connectivity index (χ1) is 7.24. The quantitative estimate of drug-likeness (QED) is 0.681. The first-order valence-electron chi connectivity index (χ1n) is 6.68. The zero-order valence-corrected chi connectivity index (χ0v) is 10.8. The van der Waals surface area contributed by atoms with E-state index >= 15 is 0 Å². The molecule has 1 aliphatic rings. The van der Waals surface area contributed by atoms with E-state index in [9.17, 15) is 0 Å². The van der Waals surface area contributed by atoms with Crippen molar-refractivity contribution in [3.8, 4) is 0 Å². The summed E-state index contributed by atoms with van der Waals surface area (Å²) in [6.45, 7) is 11.7. The first-order valence-corrected chi connectivity index (χ1v) is 6.68. The van der Waals surface area contributed by atoms with E-state index in [0.29, 0.717) is 0 Å². The molecule has 2 heteroatoms. The third-order valence-corrected chi connectivity index (χ3v) is 3.35. The highest BCUT2D eigenvalue weighted by atomic mass is 15.2. The number of likely N-dealkylation sites (tertiary alicyclic amines) is 1. The maximum absolute atomic E-state index is 3.54. The standard InChI is InChI=1S/C13H28N2/c1-4-13-7-5-6-9-15(13)10-8-14-11-12(2)3/h12-14H,4-11H2,1-3H3. The predicted octanol–water partition coefficient (Wildman–Crippen LogP) is 2.50. The van der Waals surface area contributed by atoms with E-state index in [1.54, 1.807) is 0 Å². The fourth-order valence-corrected chi connectivity index (χ4v) is 2.43. The van der Waals surface area contributed by atoms with Crippen molar-refractivity contribution in [2.75, 3.05) is 26.2 Å². The van der Waals surface area contributed by atoms with Crippen molar-refractivity contribution in [3.63, 3.8) is 0 Å². The highest BCUT2D eigenvalue weighted by molar-refractivity contribution is 4.76. The topological polar surface area (TPSA) is 15.3 Å². The molecule has 1 fully saturated rings. The highest BCUT2D eigenvalue weighted by Gasteiger charge is 2.19. The Morgan fingerprint density at radius 2 is 2.13 bits per heavy atom.